The highest BCUT2D eigenvalue weighted by Crippen LogP contribution is 2.27. The first-order valence-electron chi connectivity index (χ1n) is 3.86. The zero-order valence-corrected chi connectivity index (χ0v) is 8.72. The van der Waals surface area contributed by atoms with Crippen LogP contribution in [-0.4, -0.2) is 11.9 Å². The third kappa shape index (κ3) is 4.24. The van der Waals surface area contributed by atoms with Gasteiger partial charge in [0.2, 0.25) is 0 Å². The summed E-state index contributed by atoms with van der Waals surface area (Å²) in [6, 6.07) is 6.75. The van der Waals surface area contributed by atoms with Crippen molar-refractivity contribution in [1.82, 2.24) is 0 Å². The van der Waals surface area contributed by atoms with E-state index < -0.39 is 11.9 Å². The maximum absolute atomic E-state index is 11.8. The number of alkyl halides is 4. The molecule has 0 N–H and O–H groups in total. The summed E-state index contributed by atoms with van der Waals surface area (Å²) in [6.45, 7) is 0. The molecule has 0 unspecified atom stereocenters. The predicted molar refractivity (Wildman–Crippen MR) is 52.8 cm³/mol. The Hall–Kier alpha value is -0.350. The lowest BCUT2D eigenvalue weighted by Gasteiger charge is -2.05. The van der Waals surface area contributed by atoms with Crippen LogP contribution in [0, 0.1) is 0 Å². The first kappa shape index (κ1) is 11.7. The summed E-state index contributed by atoms with van der Waals surface area (Å²) in [5.41, 5.74) is 0.906. The molecule has 0 fully saturated rings. The summed E-state index contributed by atoms with van der Waals surface area (Å²) < 4.78 is 35.5. The second-order valence-corrected chi connectivity index (χ2v) is 4.00. The molecule has 0 spiro atoms. The van der Waals surface area contributed by atoms with E-state index in [0.29, 0.717) is 10.8 Å². The predicted octanol–water partition coefficient (Wildman–Crippen LogP) is 4.08. The minimum absolute atomic E-state index is 0.379. The average Bonchev–Trinajstić information content (AvgIpc) is 2.14. The summed E-state index contributed by atoms with van der Waals surface area (Å²) in [4.78, 5) is 0.608. The van der Waals surface area contributed by atoms with Gasteiger partial charge in [-0.25, -0.2) is 0 Å². The van der Waals surface area contributed by atoms with Crippen LogP contribution in [0.2, 0.25) is 0 Å². The Morgan fingerprint density at radius 1 is 1.14 bits per heavy atom. The van der Waals surface area contributed by atoms with Gasteiger partial charge in [0.15, 0.2) is 0 Å². The molecule has 0 aliphatic rings. The molecule has 0 radical (unpaired) electrons. The van der Waals surface area contributed by atoms with Crippen molar-refractivity contribution in [1.29, 1.82) is 0 Å². The monoisotopic (exact) mass is 240 g/mol. The molecule has 78 valence electrons. The van der Waals surface area contributed by atoms with Gasteiger partial charge in [-0.15, -0.1) is 23.4 Å². The van der Waals surface area contributed by atoms with Crippen LogP contribution in [0.4, 0.5) is 13.2 Å². The van der Waals surface area contributed by atoms with E-state index in [9.17, 15) is 13.2 Å². The molecule has 0 atom stereocenters. The fourth-order valence-electron chi connectivity index (χ4n) is 0.840. The first-order chi connectivity index (χ1) is 6.51. The zero-order chi connectivity index (χ0) is 10.6. The molecular formula is C9H8ClF3S. The van der Waals surface area contributed by atoms with Gasteiger partial charge in [-0.1, -0.05) is 12.1 Å². The van der Waals surface area contributed by atoms with Crippen LogP contribution in [0.15, 0.2) is 29.2 Å². The normalized spacial score (nSPS) is 11.7. The van der Waals surface area contributed by atoms with Gasteiger partial charge in [0, 0.05) is 10.8 Å². The maximum atomic E-state index is 11.8. The van der Waals surface area contributed by atoms with Crippen LogP contribution in [0.25, 0.3) is 0 Å². The van der Waals surface area contributed by atoms with E-state index in [1.165, 1.54) is 0 Å². The molecule has 0 heterocycles. The Kier molecular flexibility index (Phi) is 4.13. The van der Waals surface area contributed by atoms with Crippen LogP contribution in [0.5, 0.6) is 0 Å². The van der Waals surface area contributed by atoms with Crippen molar-refractivity contribution in [3.63, 3.8) is 0 Å². The number of hydrogen-bond acceptors (Lipinski definition) is 1. The van der Waals surface area contributed by atoms with Crippen molar-refractivity contribution in [2.45, 2.75) is 17.0 Å². The van der Waals surface area contributed by atoms with E-state index in [-0.39, 0.29) is 0 Å². The van der Waals surface area contributed by atoms with Gasteiger partial charge in [0.25, 0.3) is 0 Å². The fraction of sp³-hybridized carbons (Fsp3) is 0.333. The second-order valence-electron chi connectivity index (χ2n) is 2.68. The summed E-state index contributed by atoms with van der Waals surface area (Å²) in [5, 5.41) is 0. The Morgan fingerprint density at radius 2 is 1.71 bits per heavy atom. The summed E-state index contributed by atoms with van der Waals surface area (Å²) >= 11 is 6.32. The number of hydrogen-bond donors (Lipinski definition) is 0. The lowest BCUT2D eigenvalue weighted by atomic mass is 10.2. The molecule has 0 bridgehead atoms. The zero-order valence-electron chi connectivity index (χ0n) is 7.14. The van der Waals surface area contributed by atoms with Crippen molar-refractivity contribution < 1.29 is 13.2 Å². The SMILES string of the molecule is FC(F)(F)CSc1ccc(CCl)cc1. The topological polar surface area (TPSA) is 0 Å². The largest absolute Gasteiger partial charge is 0.398 e. The van der Waals surface area contributed by atoms with Gasteiger partial charge in [-0.3, -0.25) is 0 Å². The molecule has 1 aromatic rings. The Balaban J connectivity index is 2.52. The van der Waals surface area contributed by atoms with Gasteiger partial charge in [-0.05, 0) is 17.7 Å². The Bertz CT molecular complexity index is 281. The quantitative estimate of drug-likeness (QED) is 0.567. The Labute approximate surface area is 89.4 Å². The Morgan fingerprint density at radius 3 is 2.14 bits per heavy atom. The van der Waals surface area contributed by atoms with E-state index in [0.717, 1.165) is 17.3 Å². The molecule has 1 rings (SSSR count). The minimum atomic E-state index is -4.12. The molecule has 0 saturated heterocycles. The van der Waals surface area contributed by atoms with Gasteiger partial charge in [0.1, 0.15) is 0 Å². The van der Waals surface area contributed by atoms with E-state index >= 15 is 0 Å². The third-order valence-electron chi connectivity index (χ3n) is 1.48. The fourth-order valence-corrected chi connectivity index (χ4v) is 1.68. The molecule has 5 heteroatoms. The maximum Gasteiger partial charge on any atom is 0.398 e. The van der Waals surface area contributed by atoms with Crippen LogP contribution >= 0.6 is 23.4 Å². The molecule has 0 amide bonds. The highest BCUT2D eigenvalue weighted by atomic mass is 35.5. The van der Waals surface area contributed by atoms with Crippen molar-refractivity contribution in [2.24, 2.45) is 0 Å². The van der Waals surface area contributed by atoms with Crippen LogP contribution in [-0.2, 0) is 5.88 Å². The summed E-state index contributed by atoms with van der Waals surface area (Å²) in [7, 11) is 0. The van der Waals surface area contributed by atoms with Crippen LogP contribution in [0.3, 0.4) is 0 Å². The van der Waals surface area contributed by atoms with Gasteiger partial charge in [0.05, 0.1) is 5.75 Å². The first-order valence-corrected chi connectivity index (χ1v) is 5.38. The van der Waals surface area contributed by atoms with E-state index in [4.69, 9.17) is 11.6 Å². The molecule has 1 aromatic carbocycles. The van der Waals surface area contributed by atoms with Crippen molar-refractivity contribution in [3.8, 4) is 0 Å². The molecular weight excluding hydrogens is 233 g/mol. The van der Waals surface area contributed by atoms with Crippen LogP contribution in [0.1, 0.15) is 5.56 Å². The van der Waals surface area contributed by atoms with Crippen molar-refractivity contribution in [3.05, 3.63) is 29.8 Å². The van der Waals surface area contributed by atoms with E-state index in [2.05, 4.69) is 0 Å². The molecule has 0 nitrogen and oxygen atoms in total. The highest BCUT2D eigenvalue weighted by Gasteiger charge is 2.27. The van der Waals surface area contributed by atoms with Crippen LogP contribution < -0.4 is 0 Å². The summed E-state index contributed by atoms with van der Waals surface area (Å²) in [5.74, 6) is -0.475. The molecule has 0 saturated carbocycles. The molecule has 0 aliphatic carbocycles. The van der Waals surface area contributed by atoms with Gasteiger partial charge < -0.3 is 0 Å². The molecule has 0 aromatic heterocycles. The number of halogens is 4. The smallest absolute Gasteiger partial charge is 0.170 e. The third-order valence-corrected chi connectivity index (χ3v) is 2.87. The van der Waals surface area contributed by atoms with E-state index in [1.54, 1.807) is 24.3 Å². The highest BCUT2D eigenvalue weighted by molar-refractivity contribution is 7.99. The molecule has 0 aliphatic heterocycles. The number of rotatable bonds is 3. The van der Waals surface area contributed by atoms with Crippen molar-refractivity contribution in [2.75, 3.05) is 5.75 Å². The lowest BCUT2D eigenvalue weighted by molar-refractivity contribution is -0.105. The van der Waals surface area contributed by atoms with Gasteiger partial charge in [-0.2, -0.15) is 13.2 Å². The number of thioether (sulfide) groups is 1. The molecule has 14 heavy (non-hydrogen) atoms. The summed E-state index contributed by atoms with van der Waals surface area (Å²) in [6.07, 6.45) is -4.12. The lowest BCUT2D eigenvalue weighted by Crippen LogP contribution is -2.10. The standard InChI is InChI=1S/C9H8ClF3S/c10-5-7-1-3-8(4-2-7)14-6-9(11,12)13/h1-4H,5-6H2. The van der Waals surface area contributed by atoms with E-state index in [1.807, 2.05) is 0 Å². The van der Waals surface area contributed by atoms with Crippen molar-refractivity contribution >= 4 is 23.4 Å². The average molecular weight is 241 g/mol. The minimum Gasteiger partial charge on any atom is -0.170 e. The van der Waals surface area contributed by atoms with Gasteiger partial charge >= 0.3 is 6.18 Å². The second kappa shape index (κ2) is 4.94. The number of benzene rings is 1.